The second-order valence-corrected chi connectivity index (χ2v) is 8.58. The van der Waals surface area contributed by atoms with Crippen molar-refractivity contribution >= 4 is 46.0 Å². The van der Waals surface area contributed by atoms with E-state index in [0.29, 0.717) is 22.7 Å². The van der Waals surface area contributed by atoms with Gasteiger partial charge in [-0.3, -0.25) is 4.79 Å². The molecule has 0 atom stereocenters. The monoisotopic (exact) mass is 453 g/mol. The van der Waals surface area contributed by atoms with Gasteiger partial charge in [0.25, 0.3) is 5.91 Å². The number of thiophene rings is 1. The number of hydrogen-bond donors (Lipinski definition) is 1. The fraction of sp³-hybridized carbons (Fsp3) is 0.167. The Morgan fingerprint density at radius 1 is 1.26 bits per heavy atom. The predicted octanol–water partition coefficient (Wildman–Crippen LogP) is 6.26. The number of para-hydroxylation sites is 1. The molecular weight excluding hydrogens is 433 g/mol. The molecule has 0 unspecified atom stereocenters. The third-order valence-electron chi connectivity index (χ3n) is 4.99. The molecule has 0 saturated heterocycles. The summed E-state index contributed by atoms with van der Waals surface area (Å²) in [6.45, 7) is 2.40. The summed E-state index contributed by atoms with van der Waals surface area (Å²) in [6.07, 6.45) is 5.50. The van der Waals surface area contributed by atoms with Gasteiger partial charge in [-0.2, -0.15) is 5.10 Å². The van der Waals surface area contributed by atoms with E-state index in [1.807, 2.05) is 46.5 Å². The van der Waals surface area contributed by atoms with Crippen LogP contribution in [0.4, 0.5) is 4.39 Å². The van der Waals surface area contributed by atoms with E-state index in [2.05, 4.69) is 17.5 Å². The number of nitrogens with zero attached hydrogens (tertiary/aromatic N) is 2. The van der Waals surface area contributed by atoms with Crippen LogP contribution >= 0.6 is 22.9 Å². The average Bonchev–Trinajstić information content (AvgIpc) is 3.37. The lowest BCUT2D eigenvalue weighted by Gasteiger charge is -2.08. The molecule has 158 valence electrons. The lowest BCUT2D eigenvalue weighted by atomic mass is 10.2. The molecule has 4 nitrogen and oxygen atoms in total. The van der Waals surface area contributed by atoms with Gasteiger partial charge in [0, 0.05) is 43.5 Å². The van der Waals surface area contributed by atoms with Crippen LogP contribution in [0.15, 0.2) is 65.2 Å². The van der Waals surface area contributed by atoms with Gasteiger partial charge in [-0.05, 0) is 30.7 Å². The molecule has 1 amide bonds. The molecule has 2 heterocycles. The van der Waals surface area contributed by atoms with Crippen molar-refractivity contribution in [3.05, 3.63) is 92.5 Å². The zero-order valence-electron chi connectivity index (χ0n) is 16.9. The Hall–Kier alpha value is -2.96. The zero-order valence-corrected chi connectivity index (χ0v) is 18.5. The fourth-order valence-corrected chi connectivity index (χ4v) is 4.66. The molecule has 0 fully saturated rings. The van der Waals surface area contributed by atoms with Gasteiger partial charge in [-0.1, -0.05) is 49.2 Å². The van der Waals surface area contributed by atoms with Crippen molar-refractivity contribution in [2.24, 2.45) is 5.10 Å². The normalized spacial score (nSPS) is 11.5. The van der Waals surface area contributed by atoms with E-state index >= 15 is 0 Å². The first-order chi connectivity index (χ1) is 15.1. The van der Waals surface area contributed by atoms with Gasteiger partial charge >= 0.3 is 0 Å². The molecular formula is C24H21ClFN3OS. The first kappa shape index (κ1) is 21.3. The second kappa shape index (κ2) is 9.45. The Morgan fingerprint density at radius 3 is 2.90 bits per heavy atom. The van der Waals surface area contributed by atoms with Crippen LogP contribution in [0.25, 0.3) is 10.9 Å². The summed E-state index contributed by atoms with van der Waals surface area (Å²) in [6, 6.07) is 14.4. The van der Waals surface area contributed by atoms with Gasteiger partial charge in [0.15, 0.2) is 0 Å². The van der Waals surface area contributed by atoms with Crippen LogP contribution in [0.1, 0.15) is 39.7 Å². The SMILES string of the molecule is CCCc1cc(C(=O)NN=Cc2cn(Cc3c(F)cccc3Cl)c3ccccc23)cs1. The molecule has 7 heteroatoms. The van der Waals surface area contributed by atoms with Crippen molar-refractivity contribution in [1.29, 1.82) is 0 Å². The largest absolute Gasteiger partial charge is 0.342 e. The Morgan fingerprint density at radius 2 is 2.10 bits per heavy atom. The Balaban J connectivity index is 1.56. The number of hydrogen-bond acceptors (Lipinski definition) is 3. The van der Waals surface area contributed by atoms with Crippen molar-refractivity contribution < 1.29 is 9.18 Å². The van der Waals surface area contributed by atoms with E-state index < -0.39 is 0 Å². The maximum Gasteiger partial charge on any atom is 0.272 e. The molecule has 1 N–H and O–H groups in total. The molecule has 0 saturated carbocycles. The zero-order chi connectivity index (χ0) is 21.8. The van der Waals surface area contributed by atoms with Crippen molar-refractivity contribution in [2.75, 3.05) is 0 Å². The van der Waals surface area contributed by atoms with E-state index in [0.717, 1.165) is 29.3 Å². The summed E-state index contributed by atoms with van der Waals surface area (Å²) in [4.78, 5) is 13.5. The van der Waals surface area contributed by atoms with Crippen LogP contribution in [0.2, 0.25) is 5.02 Å². The Bertz CT molecular complexity index is 1240. The highest BCUT2D eigenvalue weighted by Gasteiger charge is 2.12. The summed E-state index contributed by atoms with van der Waals surface area (Å²) < 4.78 is 16.2. The lowest BCUT2D eigenvalue weighted by Crippen LogP contribution is -2.16. The van der Waals surface area contributed by atoms with Crippen molar-refractivity contribution in [2.45, 2.75) is 26.3 Å². The molecule has 0 bridgehead atoms. The van der Waals surface area contributed by atoms with Gasteiger partial charge in [-0.25, -0.2) is 9.82 Å². The topological polar surface area (TPSA) is 46.4 Å². The Labute approximate surface area is 189 Å². The molecule has 2 aromatic carbocycles. The molecule has 0 spiro atoms. The summed E-state index contributed by atoms with van der Waals surface area (Å²) in [5.74, 6) is -0.581. The van der Waals surface area contributed by atoms with Crippen LogP contribution in [0.3, 0.4) is 0 Å². The second-order valence-electron chi connectivity index (χ2n) is 7.18. The number of benzene rings is 2. The maximum atomic E-state index is 14.3. The predicted molar refractivity (Wildman–Crippen MR) is 126 cm³/mol. The molecule has 2 aromatic heterocycles. The third-order valence-corrected chi connectivity index (χ3v) is 6.34. The summed E-state index contributed by atoms with van der Waals surface area (Å²) in [5, 5.41) is 7.33. The van der Waals surface area contributed by atoms with Crippen molar-refractivity contribution in [3.63, 3.8) is 0 Å². The van der Waals surface area contributed by atoms with Crippen LogP contribution in [0, 0.1) is 5.82 Å². The molecule has 0 aliphatic heterocycles. The quantitative estimate of drug-likeness (QED) is 0.260. The van der Waals surface area contributed by atoms with Gasteiger partial charge in [0.2, 0.25) is 0 Å². The number of carbonyl (C=O) groups excluding carboxylic acids is 1. The minimum atomic E-state index is -0.342. The smallest absolute Gasteiger partial charge is 0.272 e. The minimum Gasteiger partial charge on any atom is -0.342 e. The van der Waals surface area contributed by atoms with E-state index in [1.165, 1.54) is 10.9 Å². The average molecular weight is 454 g/mol. The molecule has 0 radical (unpaired) electrons. The summed E-state index contributed by atoms with van der Waals surface area (Å²) >= 11 is 7.79. The maximum absolute atomic E-state index is 14.3. The number of fused-ring (bicyclic) bond motifs is 1. The molecule has 4 aromatic rings. The van der Waals surface area contributed by atoms with Crippen molar-refractivity contribution in [3.8, 4) is 0 Å². The number of amides is 1. The van der Waals surface area contributed by atoms with E-state index in [4.69, 9.17) is 11.6 Å². The molecule has 4 rings (SSSR count). The number of halogens is 2. The highest BCUT2D eigenvalue weighted by atomic mass is 35.5. The number of aromatic nitrogens is 1. The van der Waals surface area contributed by atoms with Gasteiger partial charge in [-0.15, -0.1) is 11.3 Å². The van der Waals surface area contributed by atoms with E-state index in [-0.39, 0.29) is 11.7 Å². The first-order valence-corrected chi connectivity index (χ1v) is 11.2. The first-order valence-electron chi connectivity index (χ1n) is 9.98. The highest BCUT2D eigenvalue weighted by molar-refractivity contribution is 7.10. The van der Waals surface area contributed by atoms with Gasteiger partial charge in [0.05, 0.1) is 18.3 Å². The standard InChI is InChI=1S/C24H21ClFN3OS/c1-2-6-18-11-16(15-31-18)24(30)28-27-12-17-13-29(23-10-4-3-7-19(17)23)14-20-21(25)8-5-9-22(20)26/h3-5,7-13,15H,2,6,14H2,1H3,(H,28,30). The van der Waals surface area contributed by atoms with E-state index in [1.54, 1.807) is 29.7 Å². The van der Waals surface area contributed by atoms with Gasteiger partial charge in [0.1, 0.15) is 5.82 Å². The van der Waals surface area contributed by atoms with Gasteiger partial charge < -0.3 is 4.57 Å². The number of hydrazone groups is 1. The minimum absolute atomic E-state index is 0.239. The Kier molecular flexibility index (Phi) is 6.49. The third kappa shape index (κ3) is 4.70. The van der Waals surface area contributed by atoms with Crippen LogP contribution < -0.4 is 5.43 Å². The number of carbonyl (C=O) groups is 1. The number of aryl methyl sites for hydroxylation is 1. The van der Waals surface area contributed by atoms with E-state index in [9.17, 15) is 9.18 Å². The molecule has 0 aliphatic rings. The van der Waals surface area contributed by atoms with Crippen molar-refractivity contribution in [1.82, 2.24) is 9.99 Å². The molecule has 0 aliphatic carbocycles. The summed E-state index contributed by atoms with van der Waals surface area (Å²) in [5.41, 5.74) is 5.38. The fourth-order valence-electron chi connectivity index (χ4n) is 3.46. The lowest BCUT2D eigenvalue weighted by molar-refractivity contribution is 0.0955. The summed E-state index contributed by atoms with van der Waals surface area (Å²) in [7, 11) is 0. The number of nitrogens with one attached hydrogen (secondary N) is 1. The van der Waals surface area contributed by atoms with Crippen LogP contribution in [-0.4, -0.2) is 16.7 Å². The molecule has 31 heavy (non-hydrogen) atoms. The number of rotatable bonds is 7. The highest BCUT2D eigenvalue weighted by Crippen LogP contribution is 2.25. The van der Waals surface area contributed by atoms with Crippen LogP contribution in [0.5, 0.6) is 0 Å². The van der Waals surface area contributed by atoms with Crippen LogP contribution in [-0.2, 0) is 13.0 Å².